The van der Waals surface area contributed by atoms with E-state index in [0.717, 1.165) is 19.4 Å². The van der Waals surface area contributed by atoms with E-state index in [2.05, 4.69) is 22.4 Å². The number of carboxylic acid groups (broad SMARTS) is 1. The van der Waals surface area contributed by atoms with Gasteiger partial charge in [-0.05, 0) is 12.5 Å². The van der Waals surface area contributed by atoms with Crippen molar-refractivity contribution in [1.29, 1.82) is 0 Å². The number of rotatable bonds is 5. The van der Waals surface area contributed by atoms with E-state index in [1.165, 1.54) is 12.3 Å². The fourth-order valence-corrected chi connectivity index (χ4v) is 0.963. The van der Waals surface area contributed by atoms with Crippen molar-refractivity contribution in [2.24, 2.45) is 0 Å². The summed E-state index contributed by atoms with van der Waals surface area (Å²) in [6, 6.07) is 1.48. The van der Waals surface area contributed by atoms with Crippen LogP contribution in [0, 0.1) is 0 Å². The molecule has 0 aliphatic rings. The number of carboxylic acids is 1. The van der Waals surface area contributed by atoms with Gasteiger partial charge in [-0.3, -0.25) is 0 Å². The fourth-order valence-electron chi connectivity index (χ4n) is 0.963. The lowest BCUT2D eigenvalue weighted by molar-refractivity contribution is 0.0696. The molecule has 1 aromatic heterocycles. The molecule has 0 atom stereocenters. The summed E-state index contributed by atoms with van der Waals surface area (Å²) in [4.78, 5) is 10.6. The lowest BCUT2D eigenvalue weighted by Crippen LogP contribution is -2.06. The zero-order chi connectivity index (χ0) is 10.4. The van der Waals surface area contributed by atoms with Crippen molar-refractivity contribution in [3.8, 4) is 0 Å². The van der Waals surface area contributed by atoms with Crippen molar-refractivity contribution >= 4 is 11.8 Å². The van der Waals surface area contributed by atoms with Crippen molar-refractivity contribution in [2.45, 2.75) is 19.8 Å². The van der Waals surface area contributed by atoms with Crippen LogP contribution in [0.3, 0.4) is 0 Å². The minimum Gasteiger partial charge on any atom is -0.478 e. The van der Waals surface area contributed by atoms with Gasteiger partial charge in [0.15, 0.2) is 0 Å². The molecule has 0 unspecified atom stereocenters. The predicted molar refractivity (Wildman–Crippen MR) is 52.4 cm³/mol. The Morgan fingerprint density at radius 3 is 3.07 bits per heavy atom. The summed E-state index contributed by atoms with van der Waals surface area (Å²) in [7, 11) is 0. The van der Waals surface area contributed by atoms with Crippen molar-refractivity contribution < 1.29 is 9.90 Å². The third-order valence-corrected chi connectivity index (χ3v) is 1.74. The van der Waals surface area contributed by atoms with E-state index in [1.807, 2.05) is 0 Å². The minimum atomic E-state index is -0.988. The number of hydrogen-bond acceptors (Lipinski definition) is 4. The van der Waals surface area contributed by atoms with E-state index in [9.17, 15) is 4.79 Å². The summed E-state index contributed by atoms with van der Waals surface area (Å²) in [5.74, 6) is -0.475. The van der Waals surface area contributed by atoms with Crippen LogP contribution in [0.2, 0.25) is 0 Å². The van der Waals surface area contributed by atoms with Crippen molar-refractivity contribution in [3.05, 3.63) is 17.8 Å². The molecule has 2 N–H and O–H groups in total. The van der Waals surface area contributed by atoms with Crippen molar-refractivity contribution in [2.75, 3.05) is 11.9 Å². The molecule has 0 amide bonds. The first-order chi connectivity index (χ1) is 6.74. The molecular weight excluding hydrogens is 182 g/mol. The molecule has 0 aromatic carbocycles. The number of unbranched alkanes of at least 4 members (excludes halogenated alkanes) is 1. The molecule has 0 aliphatic carbocycles. The van der Waals surface area contributed by atoms with Gasteiger partial charge in [0.25, 0.3) is 0 Å². The van der Waals surface area contributed by atoms with Crippen LogP contribution in [-0.2, 0) is 0 Å². The van der Waals surface area contributed by atoms with Gasteiger partial charge in [-0.2, -0.15) is 5.10 Å². The molecule has 76 valence electrons. The maximum atomic E-state index is 10.6. The molecule has 0 spiro atoms. The SMILES string of the molecule is CCCCNc1cc(C(=O)O)cnn1. The summed E-state index contributed by atoms with van der Waals surface area (Å²) >= 11 is 0. The van der Waals surface area contributed by atoms with Crippen LogP contribution in [0.25, 0.3) is 0 Å². The van der Waals surface area contributed by atoms with E-state index in [4.69, 9.17) is 5.11 Å². The van der Waals surface area contributed by atoms with E-state index in [1.54, 1.807) is 0 Å². The Kier molecular flexibility index (Phi) is 3.84. The van der Waals surface area contributed by atoms with Crippen LogP contribution >= 0.6 is 0 Å². The molecule has 1 rings (SSSR count). The summed E-state index contributed by atoms with van der Waals surface area (Å²) in [6.45, 7) is 2.87. The molecule has 5 heteroatoms. The number of aromatic nitrogens is 2. The number of aromatic carboxylic acids is 1. The quantitative estimate of drug-likeness (QED) is 0.694. The van der Waals surface area contributed by atoms with Crippen LogP contribution in [0.1, 0.15) is 30.1 Å². The van der Waals surface area contributed by atoms with Gasteiger partial charge in [-0.1, -0.05) is 13.3 Å². The van der Waals surface area contributed by atoms with Crippen LogP contribution < -0.4 is 5.32 Å². The highest BCUT2D eigenvalue weighted by Gasteiger charge is 2.04. The van der Waals surface area contributed by atoms with Crippen LogP contribution in [0.15, 0.2) is 12.3 Å². The summed E-state index contributed by atoms with van der Waals surface area (Å²) in [6.07, 6.45) is 3.34. The zero-order valence-electron chi connectivity index (χ0n) is 8.03. The van der Waals surface area contributed by atoms with Crippen LogP contribution in [0.4, 0.5) is 5.82 Å². The summed E-state index contributed by atoms with van der Waals surface area (Å²) in [5, 5.41) is 19.0. The Balaban J connectivity index is 2.59. The van der Waals surface area contributed by atoms with Gasteiger partial charge in [-0.15, -0.1) is 5.10 Å². The van der Waals surface area contributed by atoms with Gasteiger partial charge in [-0.25, -0.2) is 4.79 Å². The van der Waals surface area contributed by atoms with Gasteiger partial charge in [0, 0.05) is 6.54 Å². The van der Waals surface area contributed by atoms with Crippen molar-refractivity contribution in [3.63, 3.8) is 0 Å². The van der Waals surface area contributed by atoms with E-state index < -0.39 is 5.97 Å². The van der Waals surface area contributed by atoms with E-state index in [0.29, 0.717) is 5.82 Å². The van der Waals surface area contributed by atoms with Crippen molar-refractivity contribution in [1.82, 2.24) is 10.2 Å². The number of anilines is 1. The first-order valence-electron chi connectivity index (χ1n) is 4.54. The third kappa shape index (κ3) is 3.01. The fraction of sp³-hybridized carbons (Fsp3) is 0.444. The highest BCUT2D eigenvalue weighted by atomic mass is 16.4. The number of nitrogens with one attached hydrogen (secondary N) is 1. The lowest BCUT2D eigenvalue weighted by Gasteiger charge is -2.03. The third-order valence-electron chi connectivity index (χ3n) is 1.74. The second-order valence-corrected chi connectivity index (χ2v) is 2.91. The Labute approximate surface area is 82.2 Å². The Bertz CT molecular complexity index is 315. The molecule has 0 saturated carbocycles. The molecule has 0 bridgehead atoms. The maximum Gasteiger partial charge on any atom is 0.337 e. The molecule has 0 aliphatic heterocycles. The Morgan fingerprint density at radius 2 is 2.43 bits per heavy atom. The zero-order valence-corrected chi connectivity index (χ0v) is 8.03. The largest absolute Gasteiger partial charge is 0.478 e. The molecule has 1 heterocycles. The number of nitrogens with zero attached hydrogens (tertiary/aromatic N) is 2. The van der Waals surface area contributed by atoms with Crippen LogP contribution in [0.5, 0.6) is 0 Å². The number of carbonyl (C=O) groups is 1. The van der Waals surface area contributed by atoms with Gasteiger partial charge in [0.05, 0.1) is 11.8 Å². The first kappa shape index (κ1) is 10.4. The molecule has 0 saturated heterocycles. The molecular formula is C9H13N3O2. The van der Waals surface area contributed by atoms with E-state index in [-0.39, 0.29) is 5.56 Å². The number of hydrogen-bond donors (Lipinski definition) is 2. The monoisotopic (exact) mass is 195 g/mol. The Morgan fingerprint density at radius 1 is 1.64 bits per heavy atom. The molecule has 0 fully saturated rings. The smallest absolute Gasteiger partial charge is 0.337 e. The topological polar surface area (TPSA) is 75.1 Å². The van der Waals surface area contributed by atoms with Gasteiger partial charge >= 0.3 is 5.97 Å². The minimum absolute atomic E-state index is 0.152. The highest BCUT2D eigenvalue weighted by Crippen LogP contribution is 2.04. The summed E-state index contributed by atoms with van der Waals surface area (Å²) < 4.78 is 0. The average Bonchev–Trinajstić information content (AvgIpc) is 2.19. The second kappa shape index (κ2) is 5.16. The maximum absolute atomic E-state index is 10.6. The molecule has 1 aromatic rings. The summed E-state index contributed by atoms with van der Waals surface area (Å²) in [5.41, 5.74) is 0.152. The standard InChI is InChI=1S/C9H13N3O2/c1-2-3-4-10-8-5-7(9(13)14)6-11-12-8/h5-6H,2-4H2,1H3,(H,10,12)(H,13,14). The average molecular weight is 195 g/mol. The predicted octanol–water partition coefficient (Wildman–Crippen LogP) is 1.39. The van der Waals surface area contributed by atoms with Gasteiger partial charge in [0.1, 0.15) is 5.82 Å². The van der Waals surface area contributed by atoms with E-state index >= 15 is 0 Å². The second-order valence-electron chi connectivity index (χ2n) is 2.91. The highest BCUT2D eigenvalue weighted by molar-refractivity contribution is 5.87. The lowest BCUT2D eigenvalue weighted by atomic mass is 10.3. The molecule has 5 nitrogen and oxygen atoms in total. The normalized spacial score (nSPS) is 9.79. The van der Waals surface area contributed by atoms with Crippen LogP contribution in [-0.4, -0.2) is 27.8 Å². The van der Waals surface area contributed by atoms with Gasteiger partial charge < -0.3 is 10.4 Å². The Hall–Kier alpha value is -1.65. The van der Waals surface area contributed by atoms with Gasteiger partial charge in [0.2, 0.25) is 0 Å². The first-order valence-corrected chi connectivity index (χ1v) is 4.54. The molecule has 14 heavy (non-hydrogen) atoms. The molecule has 0 radical (unpaired) electrons.